The van der Waals surface area contributed by atoms with E-state index >= 15 is 0 Å². The molecular weight excluding hydrogens is 311 g/mol. The van der Waals surface area contributed by atoms with Gasteiger partial charge >= 0.3 is 0 Å². The molecule has 0 spiro atoms. The summed E-state index contributed by atoms with van der Waals surface area (Å²) in [6.07, 6.45) is 2.96. The number of rotatable bonds is 4. The Hall–Kier alpha value is -0.970. The van der Waals surface area contributed by atoms with Crippen LogP contribution >= 0.6 is 23.2 Å². The van der Waals surface area contributed by atoms with Crippen LogP contribution in [-0.4, -0.2) is 24.6 Å². The van der Waals surface area contributed by atoms with E-state index in [0.29, 0.717) is 28.4 Å². The molecule has 1 aliphatic heterocycles. The first-order chi connectivity index (χ1) is 10.0. The highest BCUT2D eigenvalue weighted by atomic mass is 35.5. The fourth-order valence-corrected chi connectivity index (χ4v) is 3.09. The summed E-state index contributed by atoms with van der Waals surface area (Å²) in [5, 5.41) is 7.45. The van der Waals surface area contributed by atoms with Crippen LogP contribution < -0.4 is 15.4 Å². The van der Waals surface area contributed by atoms with E-state index in [2.05, 4.69) is 10.6 Å². The minimum Gasteiger partial charge on any atom is -0.492 e. The molecule has 1 amide bonds. The van der Waals surface area contributed by atoms with Crippen LogP contribution in [0.15, 0.2) is 12.1 Å². The number of ether oxygens (including phenoxy) is 1. The molecule has 2 unspecified atom stereocenters. The first-order valence-corrected chi connectivity index (χ1v) is 7.98. The van der Waals surface area contributed by atoms with Crippen molar-refractivity contribution in [1.29, 1.82) is 0 Å². The Labute approximate surface area is 134 Å². The normalized spacial score (nSPS) is 22.1. The van der Waals surface area contributed by atoms with Gasteiger partial charge in [0, 0.05) is 29.1 Å². The van der Waals surface area contributed by atoms with Crippen LogP contribution in [0.2, 0.25) is 10.0 Å². The molecule has 0 aromatic heterocycles. The predicted molar refractivity (Wildman–Crippen MR) is 83.1 cm³/mol. The van der Waals surface area contributed by atoms with Crippen LogP contribution in [-0.2, 0) is 4.79 Å². The van der Waals surface area contributed by atoms with Gasteiger partial charge in [0.05, 0.1) is 17.7 Å². The van der Waals surface area contributed by atoms with Crippen LogP contribution in [0, 0.1) is 0 Å². The number of nitrogens with one attached hydrogen (secondary N) is 2. The number of hydrogen-bond donors (Lipinski definition) is 2. The maximum atomic E-state index is 12.1. The Morgan fingerprint density at radius 1 is 1.33 bits per heavy atom. The number of benzene rings is 1. The van der Waals surface area contributed by atoms with Crippen molar-refractivity contribution in [3.05, 3.63) is 27.7 Å². The second-order valence-electron chi connectivity index (χ2n) is 5.67. The van der Waals surface area contributed by atoms with E-state index < -0.39 is 0 Å². The molecule has 2 aliphatic rings. The van der Waals surface area contributed by atoms with Gasteiger partial charge in [-0.25, -0.2) is 0 Å². The maximum absolute atomic E-state index is 12.1. The average Bonchev–Trinajstić information content (AvgIpc) is 3.23. The number of halogens is 2. The quantitative estimate of drug-likeness (QED) is 0.893. The molecule has 1 aromatic carbocycles. The predicted octanol–water partition coefficient (Wildman–Crippen LogP) is 3.07. The molecule has 2 atom stereocenters. The van der Waals surface area contributed by atoms with Crippen molar-refractivity contribution in [2.24, 2.45) is 0 Å². The average molecular weight is 329 g/mol. The van der Waals surface area contributed by atoms with Crippen LogP contribution in [0.25, 0.3) is 0 Å². The van der Waals surface area contributed by atoms with Gasteiger partial charge in [0.2, 0.25) is 5.91 Å². The minimum absolute atomic E-state index is 0.0184. The van der Waals surface area contributed by atoms with Crippen LogP contribution in [0.4, 0.5) is 0 Å². The summed E-state index contributed by atoms with van der Waals surface area (Å²) in [5.74, 6) is 0.707. The second-order valence-corrected chi connectivity index (χ2v) is 6.51. The standard InChI is InChI=1S/C15H18Cl2N2O2/c1-8(15(20)19-10-2-3-10)18-13-4-5-21-14-11(13)6-9(16)7-12(14)17/h6-8,10,13,18H,2-5H2,1H3,(H,19,20). The summed E-state index contributed by atoms with van der Waals surface area (Å²) in [7, 11) is 0. The van der Waals surface area contributed by atoms with Crippen molar-refractivity contribution >= 4 is 29.1 Å². The van der Waals surface area contributed by atoms with Gasteiger partial charge < -0.3 is 10.1 Å². The monoisotopic (exact) mass is 328 g/mol. The van der Waals surface area contributed by atoms with Gasteiger partial charge in [-0.05, 0) is 31.9 Å². The van der Waals surface area contributed by atoms with E-state index in [1.807, 2.05) is 13.0 Å². The largest absolute Gasteiger partial charge is 0.492 e. The Morgan fingerprint density at radius 3 is 2.81 bits per heavy atom. The molecule has 2 N–H and O–H groups in total. The Kier molecular flexibility index (Phi) is 4.29. The van der Waals surface area contributed by atoms with E-state index in [0.717, 1.165) is 24.8 Å². The second kappa shape index (κ2) is 6.03. The molecule has 1 aromatic rings. The molecule has 1 fully saturated rings. The van der Waals surface area contributed by atoms with Crippen molar-refractivity contribution in [2.75, 3.05) is 6.61 Å². The number of hydrogen-bond acceptors (Lipinski definition) is 3. The summed E-state index contributed by atoms with van der Waals surface area (Å²) >= 11 is 12.2. The first-order valence-electron chi connectivity index (χ1n) is 7.23. The number of amides is 1. The number of carbonyl (C=O) groups is 1. The molecule has 0 bridgehead atoms. The molecular formula is C15H18Cl2N2O2. The zero-order valence-corrected chi connectivity index (χ0v) is 13.3. The zero-order chi connectivity index (χ0) is 15.0. The van der Waals surface area contributed by atoms with Crippen LogP contribution in [0.3, 0.4) is 0 Å². The molecule has 4 nitrogen and oxygen atoms in total. The van der Waals surface area contributed by atoms with E-state index in [1.54, 1.807) is 6.07 Å². The van der Waals surface area contributed by atoms with Gasteiger partial charge in [0.1, 0.15) is 5.75 Å². The molecule has 1 saturated carbocycles. The van der Waals surface area contributed by atoms with E-state index in [9.17, 15) is 4.79 Å². The van der Waals surface area contributed by atoms with Gasteiger partial charge in [-0.2, -0.15) is 0 Å². The SMILES string of the molecule is CC(NC1CCOc2c(Cl)cc(Cl)cc21)C(=O)NC1CC1. The summed E-state index contributed by atoms with van der Waals surface area (Å²) in [5.41, 5.74) is 0.921. The fourth-order valence-electron chi connectivity index (χ4n) is 2.53. The van der Waals surface area contributed by atoms with Gasteiger partial charge in [-0.1, -0.05) is 23.2 Å². The zero-order valence-electron chi connectivity index (χ0n) is 11.8. The minimum atomic E-state index is -0.265. The maximum Gasteiger partial charge on any atom is 0.237 e. The smallest absolute Gasteiger partial charge is 0.237 e. The summed E-state index contributed by atoms with van der Waals surface area (Å²) in [6.45, 7) is 2.45. The van der Waals surface area contributed by atoms with Crippen molar-refractivity contribution in [1.82, 2.24) is 10.6 Å². The molecule has 21 heavy (non-hydrogen) atoms. The summed E-state index contributed by atoms with van der Waals surface area (Å²) < 4.78 is 5.62. The lowest BCUT2D eigenvalue weighted by Crippen LogP contribution is -2.45. The van der Waals surface area contributed by atoms with E-state index in [1.165, 1.54) is 0 Å². The lowest BCUT2D eigenvalue weighted by molar-refractivity contribution is -0.123. The molecule has 0 saturated heterocycles. The van der Waals surface area contributed by atoms with Crippen LogP contribution in [0.5, 0.6) is 5.75 Å². The third kappa shape index (κ3) is 3.44. The molecule has 3 rings (SSSR count). The number of fused-ring (bicyclic) bond motifs is 1. The highest BCUT2D eigenvalue weighted by molar-refractivity contribution is 6.35. The highest BCUT2D eigenvalue weighted by Gasteiger charge is 2.29. The van der Waals surface area contributed by atoms with E-state index in [4.69, 9.17) is 27.9 Å². The fraction of sp³-hybridized carbons (Fsp3) is 0.533. The lowest BCUT2D eigenvalue weighted by Gasteiger charge is -2.29. The van der Waals surface area contributed by atoms with Crippen molar-refractivity contribution in [3.63, 3.8) is 0 Å². The topological polar surface area (TPSA) is 50.4 Å². The van der Waals surface area contributed by atoms with Gasteiger partial charge in [-0.3, -0.25) is 10.1 Å². The molecule has 114 valence electrons. The van der Waals surface area contributed by atoms with Gasteiger partial charge in [-0.15, -0.1) is 0 Å². The van der Waals surface area contributed by atoms with Gasteiger partial charge in [0.25, 0.3) is 0 Å². The number of carbonyl (C=O) groups excluding carboxylic acids is 1. The Balaban J connectivity index is 1.73. The molecule has 0 radical (unpaired) electrons. The third-order valence-corrected chi connectivity index (χ3v) is 4.33. The molecule has 1 heterocycles. The molecule has 6 heteroatoms. The van der Waals surface area contributed by atoms with Crippen molar-refractivity contribution in [3.8, 4) is 5.75 Å². The van der Waals surface area contributed by atoms with Crippen LogP contribution in [0.1, 0.15) is 37.8 Å². The Bertz CT molecular complexity index is 561. The third-order valence-electron chi connectivity index (χ3n) is 3.83. The summed E-state index contributed by atoms with van der Waals surface area (Å²) in [4.78, 5) is 12.1. The van der Waals surface area contributed by atoms with Crippen molar-refractivity contribution in [2.45, 2.75) is 44.3 Å². The molecule has 1 aliphatic carbocycles. The van der Waals surface area contributed by atoms with Crippen molar-refractivity contribution < 1.29 is 9.53 Å². The van der Waals surface area contributed by atoms with E-state index in [-0.39, 0.29) is 18.0 Å². The summed E-state index contributed by atoms with van der Waals surface area (Å²) in [6, 6.07) is 3.65. The Morgan fingerprint density at radius 2 is 2.10 bits per heavy atom. The highest BCUT2D eigenvalue weighted by Crippen LogP contribution is 2.40. The first kappa shape index (κ1) is 14.9. The van der Waals surface area contributed by atoms with Gasteiger partial charge in [0.15, 0.2) is 0 Å². The lowest BCUT2D eigenvalue weighted by atomic mass is 9.99.